The van der Waals surface area contributed by atoms with E-state index in [0.29, 0.717) is 12.4 Å². The molecule has 2 fully saturated rings. The molecule has 1 aromatic rings. The van der Waals surface area contributed by atoms with Crippen molar-refractivity contribution >= 4 is 0 Å². The van der Waals surface area contributed by atoms with Gasteiger partial charge in [-0.1, -0.05) is 6.07 Å². The molecule has 1 unspecified atom stereocenters. The molecule has 0 amide bonds. The van der Waals surface area contributed by atoms with Gasteiger partial charge in [-0.2, -0.15) is 0 Å². The van der Waals surface area contributed by atoms with Gasteiger partial charge in [0.15, 0.2) is 11.5 Å². The first-order chi connectivity index (χ1) is 8.71. The Morgan fingerprint density at radius 3 is 2.78 bits per heavy atom. The predicted molar refractivity (Wildman–Crippen MR) is 66.0 cm³/mol. The molecule has 0 radical (unpaired) electrons. The zero-order valence-corrected chi connectivity index (χ0v) is 10.5. The Hall–Kier alpha value is -1.26. The van der Waals surface area contributed by atoms with Crippen LogP contribution in [-0.4, -0.2) is 31.5 Å². The topological polar surface area (TPSA) is 47.9 Å². The van der Waals surface area contributed by atoms with Crippen LogP contribution in [-0.2, 0) is 10.3 Å². The average Bonchev–Trinajstić information content (AvgIpc) is 2.93. The molecule has 1 aliphatic carbocycles. The van der Waals surface area contributed by atoms with Crippen molar-refractivity contribution in [1.29, 1.82) is 0 Å². The highest BCUT2D eigenvalue weighted by molar-refractivity contribution is 5.46. The van der Waals surface area contributed by atoms with Gasteiger partial charge in [-0.05, 0) is 30.5 Å². The van der Waals surface area contributed by atoms with Gasteiger partial charge >= 0.3 is 0 Å². The smallest absolute Gasteiger partial charge is 0.161 e. The van der Waals surface area contributed by atoms with E-state index in [2.05, 4.69) is 0 Å². The van der Waals surface area contributed by atoms with Crippen molar-refractivity contribution in [1.82, 2.24) is 0 Å². The second-order valence-corrected chi connectivity index (χ2v) is 5.00. The molecule has 1 N–H and O–H groups in total. The van der Waals surface area contributed by atoms with Gasteiger partial charge in [0.2, 0.25) is 0 Å². The molecule has 1 atom stereocenters. The number of benzene rings is 1. The molecule has 0 bridgehead atoms. The van der Waals surface area contributed by atoms with Gasteiger partial charge in [-0.15, -0.1) is 0 Å². The van der Waals surface area contributed by atoms with Crippen molar-refractivity contribution in [2.75, 3.05) is 20.3 Å². The second-order valence-electron chi connectivity index (χ2n) is 5.00. The Bertz CT molecular complexity index is 433. The molecule has 1 heterocycles. The van der Waals surface area contributed by atoms with Crippen molar-refractivity contribution in [3.05, 3.63) is 23.8 Å². The lowest BCUT2D eigenvalue weighted by Gasteiger charge is -2.17. The van der Waals surface area contributed by atoms with Crippen LogP contribution in [0, 0.1) is 0 Å². The van der Waals surface area contributed by atoms with Crippen LogP contribution in [0.1, 0.15) is 24.8 Å². The molecule has 18 heavy (non-hydrogen) atoms. The standard InChI is InChI=1S/C14H18O4/c1-16-13-8-10(14(15)5-6-14)2-3-12(13)18-11-4-7-17-9-11/h2-3,8,11,15H,4-7,9H2,1H3. The maximum absolute atomic E-state index is 10.1. The fourth-order valence-corrected chi connectivity index (χ4v) is 2.25. The van der Waals surface area contributed by atoms with Crippen LogP contribution in [0.2, 0.25) is 0 Å². The monoisotopic (exact) mass is 250 g/mol. The lowest BCUT2D eigenvalue weighted by Crippen LogP contribution is -2.16. The van der Waals surface area contributed by atoms with E-state index < -0.39 is 5.60 Å². The van der Waals surface area contributed by atoms with Crippen LogP contribution in [0.3, 0.4) is 0 Å². The zero-order valence-electron chi connectivity index (χ0n) is 10.5. The first-order valence-electron chi connectivity index (χ1n) is 6.36. The molecule has 4 heteroatoms. The molecule has 98 valence electrons. The van der Waals surface area contributed by atoms with Crippen molar-refractivity contribution in [3.63, 3.8) is 0 Å². The van der Waals surface area contributed by atoms with E-state index in [-0.39, 0.29) is 6.10 Å². The molecule has 0 aromatic heterocycles. The highest BCUT2D eigenvalue weighted by Crippen LogP contribution is 2.47. The fourth-order valence-electron chi connectivity index (χ4n) is 2.25. The summed E-state index contributed by atoms with van der Waals surface area (Å²) in [4.78, 5) is 0. The van der Waals surface area contributed by atoms with Gasteiger partial charge in [0, 0.05) is 6.42 Å². The molecule has 3 rings (SSSR count). The van der Waals surface area contributed by atoms with Crippen LogP contribution in [0.5, 0.6) is 11.5 Å². The van der Waals surface area contributed by atoms with E-state index in [1.807, 2.05) is 18.2 Å². The number of aliphatic hydroxyl groups is 1. The van der Waals surface area contributed by atoms with Gasteiger partial charge in [0.05, 0.1) is 25.9 Å². The van der Waals surface area contributed by atoms with E-state index in [4.69, 9.17) is 14.2 Å². The first kappa shape index (κ1) is 11.8. The third-order valence-electron chi connectivity index (χ3n) is 3.61. The summed E-state index contributed by atoms with van der Waals surface area (Å²) in [5, 5.41) is 10.1. The minimum atomic E-state index is -0.637. The van der Waals surface area contributed by atoms with Crippen molar-refractivity contribution in [3.8, 4) is 11.5 Å². The number of rotatable bonds is 4. The number of ether oxygens (including phenoxy) is 3. The van der Waals surface area contributed by atoms with Gasteiger partial charge in [-0.3, -0.25) is 0 Å². The highest BCUT2D eigenvalue weighted by Gasteiger charge is 2.42. The number of hydrogen-bond acceptors (Lipinski definition) is 4. The molecular weight excluding hydrogens is 232 g/mol. The number of methoxy groups -OCH3 is 1. The zero-order chi connectivity index (χ0) is 12.6. The van der Waals surface area contributed by atoms with Crippen LogP contribution in [0.15, 0.2) is 18.2 Å². The molecule has 1 saturated carbocycles. The molecule has 1 aromatic carbocycles. The van der Waals surface area contributed by atoms with Crippen LogP contribution >= 0.6 is 0 Å². The largest absolute Gasteiger partial charge is 0.493 e. The minimum absolute atomic E-state index is 0.105. The van der Waals surface area contributed by atoms with Crippen molar-refractivity contribution in [2.45, 2.75) is 31.0 Å². The molecule has 1 aliphatic heterocycles. The Labute approximate surface area is 106 Å². The maximum atomic E-state index is 10.1. The Kier molecular flexibility index (Phi) is 2.92. The SMILES string of the molecule is COc1cc(C2(O)CC2)ccc1OC1CCOC1. The van der Waals surface area contributed by atoms with E-state index in [9.17, 15) is 5.11 Å². The predicted octanol–water partition coefficient (Wildman–Crippen LogP) is 1.84. The summed E-state index contributed by atoms with van der Waals surface area (Å²) in [6, 6.07) is 5.67. The molecule has 0 spiro atoms. The average molecular weight is 250 g/mol. The third kappa shape index (κ3) is 2.18. The molecule has 1 saturated heterocycles. The normalized spacial score (nSPS) is 24.9. The summed E-state index contributed by atoms with van der Waals surface area (Å²) in [6.45, 7) is 1.39. The summed E-state index contributed by atoms with van der Waals surface area (Å²) in [7, 11) is 1.62. The molecular formula is C14H18O4. The van der Waals surface area contributed by atoms with Gasteiger partial charge in [0.1, 0.15) is 6.10 Å². The van der Waals surface area contributed by atoms with Crippen molar-refractivity contribution in [2.24, 2.45) is 0 Å². The lowest BCUT2D eigenvalue weighted by molar-refractivity contribution is 0.137. The fraction of sp³-hybridized carbons (Fsp3) is 0.571. The minimum Gasteiger partial charge on any atom is -0.493 e. The quantitative estimate of drug-likeness (QED) is 0.886. The van der Waals surface area contributed by atoms with E-state index >= 15 is 0 Å². The van der Waals surface area contributed by atoms with Gasteiger partial charge in [0.25, 0.3) is 0 Å². The van der Waals surface area contributed by atoms with E-state index in [1.54, 1.807) is 7.11 Å². The molecule has 2 aliphatic rings. The van der Waals surface area contributed by atoms with Crippen LogP contribution in [0.25, 0.3) is 0 Å². The summed E-state index contributed by atoms with van der Waals surface area (Å²) >= 11 is 0. The summed E-state index contributed by atoms with van der Waals surface area (Å²) < 4.78 is 16.5. The van der Waals surface area contributed by atoms with Gasteiger partial charge in [-0.25, -0.2) is 0 Å². The maximum Gasteiger partial charge on any atom is 0.161 e. The van der Waals surface area contributed by atoms with Crippen LogP contribution in [0.4, 0.5) is 0 Å². The Morgan fingerprint density at radius 1 is 1.33 bits per heavy atom. The van der Waals surface area contributed by atoms with Gasteiger partial charge < -0.3 is 19.3 Å². The first-order valence-corrected chi connectivity index (χ1v) is 6.36. The van der Waals surface area contributed by atoms with Crippen LogP contribution < -0.4 is 9.47 Å². The van der Waals surface area contributed by atoms with E-state index in [0.717, 1.165) is 37.2 Å². The third-order valence-corrected chi connectivity index (χ3v) is 3.61. The van der Waals surface area contributed by atoms with E-state index in [1.165, 1.54) is 0 Å². The summed E-state index contributed by atoms with van der Waals surface area (Å²) in [5.41, 5.74) is 0.275. The lowest BCUT2D eigenvalue weighted by atomic mass is 10.1. The Balaban J connectivity index is 1.80. The summed E-state index contributed by atoms with van der Waals surface area (Å²) in [6.07, 6.45) is 2.67. The van der Waals surface area contributed by atoms with Crippen molar-refractivity contribution < 1.29 is 19.3 Å². The summed E-state index contributed by atoms with van der Waals surface area (Å²) in [5.74, 6) is 1.40. The highest BCUT2D eigenvalue weighted by atomic mass is 16.6. The molecule has 4 nitrogen and oxygen atoms in total. The number of hydrogen-bond donors (Lipinski definition) is 1. The Morgan fingerprint density at radius 2 is 2.17 bits per heavy atom. The second kappa shape index (κ2) is 4.44.